The lowest BCUT2D eigenvalue weighted by Gasteiger charge is -2.02. The number of rotatable bonds is 2. The predicted octanol–water partition coefficient (Wildman–Crippen LogP) is 5.49. The van der Waals surface area contributed by atoms with Gasteiger partial charge < -0.3 is 5.32 Å². The molecule has 19 heavy (non-hydrogen) atoms. The Morgan fingerprint density at radius 2 is 1.89 bits per heavy atom. The van der Waals surface area contributed by atoms with Gasteiger partial charge in [0.2, 0.25) is 0 Å². The summed E-state index contributed by atoms with van der Waals surface area (Å²) >= 11 is 13.2. The third-order valence-corrected chi connectivity index (χ3v) is 3.85. The topological polar surface area (TPSA) is 24.9 Å². The molecule has 3 rings (SSSR count). The van der Waals surface area contributed by atoms with E-state index >= 15 is 0 Å². The summed E-state index contributed by atoms with van der Waals surface area (Å²) in [5.41, 5.74) is 1.41. The van der Waals surface area contributed by atoms with Crippen LogP contribution < -0.4 is 5.32 Å². The number of benzene rings is 2. The lowest BCUT2D eigenvalue weighted by atomic mass is 10.3. The van der Waals surface area contributed by atoms with Crippen molar-refractivity contribution in [2.75, 3.05) is 5.32 Å². The van der Waals surface area contributed by atoms with Gasteiger partial charge in [-0.15, -0.1) is 0 Å². The molecule has 0 aliphatic heterocycles. The number of hydrogen-bond donors (Lipinski definition) is 1. The predicted molar refractivity (Wildman–Crippen MR) is 79.3 cm³/mol. The lowest BCUT2D eigenvalue weighted by molar-refractivity contribution is 0.628. The molecule has 2 nitrogen and oxygen atoms in total. The highest BCUT2D eigenvalue weighted by Crippen LogP contribution is 2.31. The van der Waals surface area contributed by atoms with Crippen molar-refractivity contribution in [3.05, 3.63) is 52.3 Å². The number of nitrogens with zero attached hydrogens (tertiary/aromatic N) is 1. The molecule has 0 aliphatic carbocycles. The maximum Gasteiger partial charge on any atom is 0.188 e. The minimum absolute atomic E-state index is 0.339. The number of anilines is 2. The molecule has 0 radical (unpaired) electrons. The third kappa shape index (κ3) is 2.81. The zero-order valence-corrected chi connectivity index (χ0v) is 11.8. The van der Waals surface area contributed by atoms with Crippen LogP contribution in [-0.2, 0) is 0 Å². The minimum atomic E-state index is -0.390. The third-order valence-electron chi connectivity index (χ3n) is 2.46. The Kier molecular flexibility index (Phi) is 3.31. The van der Waals surface area contributed by atoms with Crippen LogP contribution in [0.1, 0.15) is 0 Å². The SMILES string of the molecule is Fc1cc(Cl)cc(Nc2nc3ccc(Cl)cc3s2)c1. The van der Waals surface area contributed by atoms with E-state index in [1.807, 2.05) is 12.1 Å². The molecule has 0 saturated carbocycles. The molecular formula is C13H7Cl2FN2S. The molecule has 0 bridgehead atoms. The summed E-state index contributed by atoms with van der Waals surface area (Å²) in [6.45, 7) is 0. The van der Waals surface area contributed by atoms with Gasteiger partial charge in [-0.1, -0.05) is 34.5 Å². The zero-order valence-electron chi connectivity index (χ0n) is 9.45. The molecule has 1 N–H and O–H groups in total. The van der Waals surface area contributed by atoms with E-state index in [-0.39, 0.29) is 5.82 Å². The van der Waals surface area contributed by atoms with Gasteiger partial charge in [-0.05, 0) is 36.4 Å². The monoisotopic (exact) mass is 312 g/mol. The Labute approximate surface area is 122 Å². The van der Waals surface area contributed by atoms with Gasteiger partial charge in [0.15, 0.2) is 5.13 Å². The first-order chi connectivity index (χ1) is 9.10. The van der Waals surface area contributed by atoms with Gasteiger partial charge in [0.1, 0.15) is 5.82 Å². The number of hydrogen-bond acceptors (Lipinski definition) is 3. The summed E-state index contributed by atoms with van der Waals surface area (Å²) in [5, 5.41) is 4.70. The van der Waals surface area contributed by atoms with E-state index in [0.29, 0.717) is 20.9 Å². The van der Waals surface area contributed by atoms with Gasteiger partial charge in [0, 0.05) is 15.7 Å². The quantitative estimate of drug-likeness (QED) is 0.677. The number of thiazole rings is 1. The maximum atomic E-state index is 13.2. The smallest absolute Gasteiger partial charge is 0.188 e. The summed E-state index contributed by atoms with van der Waals surface area (Å²) < 4.78 is 14.2. The van der Waals surface area contributed by atoms with Gasteiger partial charge >= 0.3 is 0 Å². The van der Waals surface area contributed by atoms with Crippen molar-refractivity contribution in [2.24, 2.45) is 0 Å². The second kappa shape index (κ2) is 4.96. The molecule has 0 aliphatic rings. The maximum absolute atomic E-state index is 13.2. The van der Waals surface area contributed by atoms with Crippen LogP contribution in [0.3, 0.4) is 0 Å². The highest BCUT2D eigenvalue weighted by Gasteiger charge is 2.06. The Morgan fingerprint density at radius 1 is 1.05 bits per heavy atom. The summed E-state index contributed by atoms with van der Waals surface area (Å²) in [6, 6.07) is 9.74. The highest BCUT2D eigenvalue weighted by atomic mass is 35.5. The fourth-order valence-corrected chi connectivity index (χ4v) is 3.09. The first-order valence-corrected chi connectivity index (χ1v) is 6.96. The van der Waals surface area contributed by atoms with Gasteiger partial charge in [0.05, 0.1) is 10.2 Å². The normalized spacial score (nSPS) is 10.9. The average molecular weight is 313 g/mol. The lowest BCUT2D eigenvalue weighted by Crippen LogP contribution is -1.90. The van der Waals surface area contributed by atoms with E-state index in [1.54, 1.807) is 12.1 Å². The van der Waals surface area contributed by atoms with E-state index in [1.165, 1.54) is 23.5 Å². The second-order valence-corrected chi connectivity index (χ2v) is 5.82. The fourth-order valence-electron chi connectivity index (χ4n) is 1.70. The number of nitrogens with one attached hydrogen (secondary N) is 1. The first kappa shape index (κ1) is 12.7. The van der Waals surface area contributed by atoms with Crippen molar-refractivity contribution in [3.8, 4) is 0 Å². The van der Waals surface area contributed by atoms with E-state index in [2.05, 4.69) is 10.3 Å². The van der Waals surface area contributed by atoms with Crippen LogP contribution in [0.25, 0.3) is 10.2 Å². The Bertz CT molecular complexity index is 737. The van der Waals surface area contributed by atoms with Gasteiger partial charge in [-0.3, -0.25) is 0 Å². The summed E-state index contributed by atoms with van der Waals surface area (Å²) in [5.74, 6) is -0.390. The molecule has 96 valence electrons. The van der Waals surface area contributed by atoms with Crippen molar-refractivity contribution in [3.63, 3.8) is 0 Å². The minimum Gasteiger partial charge on any atom is -0.331 e. The van der Waals surface area contributed by atoms with Crippen LogP contribution in [0.4, 0.5) is 15.2 Å². The molecule has 2 aromatic carbocycles. The van der Waals surface area contributed by atoms with Crippen LogP contribution in [0.5, 0.6) is 0 Å². The Balaban J connectivity index is 1.96. The molecule has 0 saturated heterocycles. The number of halogens is 3. The van der Waals surface area contributed by atoms with Crippen LogP contribution >= 0.6 is 34.5 Å². The van der Waals surface area contributed by atoms with Crippen molar-refractivity contribution in [2.45, 2.75) is 0 Å². The molecule has 1 aromatic heterocycles. The first-order valence-electron chi connectivity index (χ1n) is 5.39. The molecular weight excluding hydrogens is 306 g/mol. The summed E-state index contributed by atoms with van der Waals surface area (Å²) in [4.78, 5) is 4.39. The van der Waals surface area contributed by atoms with E-state index in [0.717, 1.165) is 10.2 Å². The zero-order chi connectivity index (χ0) is 13.4. The Hall–Kier alpha value is -1.36. The molecule has 1 heterocycles. The highest BCUT2D eigenvalue weighted by molar-refractivity contribution is 7.22. The van der Waals surface area contributed by atoms with Crippen LogP contribution in [0.2, 0.25) is 10.0 Å². The van der Waals surface area contributed by atoms with E-state index in [4.69, 9.17) is 23.2 Å². The van der Waals surface area contributed by atoms with E-state index < -0.39 is 0 Å². The molecule has 6 heteroatoms. The largest absolute Gasteiger partial charge is 0.331 e. The Morgan fingerprint density at radius 3 is 2.68 bits per heavy atom. The molecule has 0 fully saturated rings. The summed E-state index contributed by atoms with van der Waals surface area (Å²) in [6.07, 6.45) is 0. The number of fused-ring (bicyclic) bond motifs is 1. The molecule has 3 aromatic rings. The van der Waals surface area contributed by atoms with Crippen LogP contribution in [-0.4, -0.2) is 4.98 Å². The standard InChI is InChI=1S/C13H7Cl2FN2S/c14-7-1-2-11-12(5-7)19-13(18-11)17-10-4-8(15)3-9(16)6-10/h1-6H,(H,17,18). The average Bonchev–Trinajstić information content (AvgIpc) is 2.68. The molecule has 0 amide bonds. The summed E-state index contributed by atoms with van der Waals surface area (Å²) in [7, 11) is 0. The van der Waals surface area contributed by atoms with Crippen molar-refractivity contribution < 1.29 is 4.39 Å². The molecule has 0 spiro atoms. The fraction of sp³-hybridized carbons (Fsp3) is 0. The molecule has 0 atom stereocenters. The van der Waals surface area contributed by atoms with Crippen molar-refractivity contribution in [1.82, 2.24) is 4.98 Å². The van der Waals surface area contributed by atoms with Gasteiger partial charge in [0.25, 0.3) is 0 Å². The van der Waals surface area contributed by atoms with Crippen LogP contribution in [0.15, 0.2) is 36.4 Å². The van der Waals surface area contributed by atoms with Crippen LogP contribution in [0, 0.1) is 5.82 Å². The van der Waals surface area contributed by atoms with Gasteiger partial charge in [-0.25, -0.2) is 9.37 Å². The number of aromatic nitrogens is 1. The molecule has 0 unspecified atom stereocenters. The van der Waals surface area contributed by atoms with Crippen molar-refractivity contribution in [1.29, 1.82) is 0 Å². The van der Waals surface area contributed by atoms with Crippen molar-refractivity contribution >= 4 is 55.6 Å². The van der Waals surface area contributed by atoms with Gasteiger partial charge in [-0.2, -0.15) is 0 Å². The second-order valence-electron chi connectivity index (χ2n) is 3.91. The van der Waals surface area contributed by atoms with E-state index in [9.17, 15) is 4.39 Å².